The van der Waals surface area contributed by atoms with Crippen LogP contribution in [0.15, 0.2) is 30.6 Å². The highest BCUT2D eigenvalue weighted by Gasteiger charge is 2.36. The van der Waals surface area contributed by atoms with Crippen molar-refractivity contribution in [2.24, 2.45) is 5.92 Å². The molecule has 0 unspecified atom stereocenters. The molecule has 150 valence electrons. The maximum absolute atomic E-state index is 13.7. The first-order valence-electron chi connectivity index (χ1n) is 9.82. The highest BCUT2D eigenvalue weighted by atomic mass is 19.1. The van der Waals surface area contributed by atoms with E-state index in [9.17, 15) is 9.50 Å². The van der Waals surface area contributed by atoms with Gasteiger partial charge in [-0.3, -0.25) is 5.10 Å². The zero-order chi connectivity index (χ0) is 20.0. The van der Waals surface area contributed by atoms with Crippen LogP contribution in [0.5, 0.6) is 5.75 Å². The summed E-state index contributed by atoms with van der Waals surface area (Å²) >= 11 is 0. The molecule has 2 aliphatic rings. The van der Waals surface area contributed by atoms with Crippen molar-refractivity contribution in [2.45, 2.75) is 31.8 Å². The standard InChI is InChI=1S/C20H22FN7O/c1-11-9-28(10-17(24-11)12-2-3-12)20-22-8-16(25-27-20)14-5-4-13(6-18(14)29)15-7-23-26-19(15)21/h4-8,11-12,17,24,29H,2-3,9-10H2,1H3,(H,23,26)/t11-,17-/m1/s1. The Morgan fingerprint density at radius 3 is 2.66 bits per heavy atom. The third kappa shape index (κ3) is 3.53. The lowest BCUT2D eigenvalue weighted by Crippen LogP contribution is -2.56. The molecule has 0 amide bonds. The van der Waals surface area contributed by atoms with Crippen LogP contribution >= 0.6 is 0 Å². The zero-order valence-electron chi connectivity index (χ0n) is 16.0. The van der Waals surface area contributed by atoms with Gasteiger partial charge in [-0.25, -0.2) is 4.98 Å². The number of rotatable bonds is 4. The van der Waals surface area contributed by atoms with E-state index < -0.39 is 5.95 Å². The van der Waals surface area contributed by atoms with E-state index in [0.717, 1.165) is 19.0 Å². The Bertz CT molecular complexity index is 1020. The zero-order valence-corrected chi connectivity index (χ0v) is 16.0. The largest absolute Gasteiger partial charge is 0.507 e. The molecule has 1 saturated carbocycles. The first-order valence-corrected chi connectivity index (χ1v) is 9.82. The number of benzene rings is 1. The van der Waals surface area contributed by atoms with E-state index in [1.807, 2.05) is 0 Å². The molecule has 2 atom stereocenters. The third-order valence-electron chi connectivity index (χ3n) is 5.61. The Hall–Kier alpha value is -3.07. The van der Waals surface area contributed by atoms with Gasteiger partial charge in [-0.15, -0.1) is 10.2 Å². The lowest BCUT2D eigenvalue weighted by molar-refractivity contribution is 0.355. The molecule has 3 N–H and O–H groups in total. The molecule has 1 saturated heterocycles. The molecule has 1 aromatic carbocycles. The van der Waals surface area contributed by atoms with Crippen LogP contribution < -0.4 is 10.2 Å². The summed E-state index contributed by atoms with van der Waals surface area (Å²) in [6.45, 7) is 3.89. The van der Waals surface area contributed by atoms with Gasteiger partial charge in [-0.05, 0) is 43.4 Å². The molecule has 2 aromatic heterocycles. The molecule has 29 heavy (non-hydrogen) atoms. The summed E-state index contributed by atoms with van der Waals surface area (Å²) in [4.78, 5) is 6.67. The predicted octanol–water partition coefficient (Wildman–Crippen LogP) is 2.35. The first-order chi connectivity index (χ1) is 14.1. The molecule has 2 fully saturated rings. The molecular formula is C20H22FN7O. The van der Waals surface area contributed by atoms with Crippen LogP contribution in [-0.2, 0) is 0 Å². The number of aromatic hydroxyl groups is 1. The summed E-state index contributed by atoms with van der Waals surface area (Å²) in [5.41, 5.74) is 1.78. The molecule has 0 radical (unpaired) electrons. The fraction of sp³-hybridized carbons (Fsp3) is 0.400. The Morgan fingerprint density at radius 1 is 1.14 bits per heavy atom. The smallest absolute Gasteiger partial charge is 0.245 e. The second kappa shape index (κ2) is 7.07. The van der Waals surface area contributed by atoms with Crippen molar-refractivity contribution in [2.75, 3.05) is 18.0 Å². The average Bonchev–Trinajstić information content (AvgIpc) is 3.49. The third-order valence-corrected chi connectivity index (χ3v) is 5.61. The minimum atomic E-state index is -0.544. The summed E-state index contributed by atoms with van der Waals surface area (Å²) in [5, 5.41) is 28.6. The number of hydrogen-bond acceptors (Lipinski definition) is 7. The van der Waals surface area contributed by atoms with Crippen molar-refractivity contribution >= 4 is 5.95 Å². The number of piperazine rings is 1. The number of halogens is 1. The van der Waals surface area contributed by atoms with Gasteiger partial charge >= 0.3 is 0 Å². The summed E-state index contributed by atoms with van der Waals surface area (Å²) < 4.78 is 13.7. The molecule has 1 aliphatic heterocycles. The minimum absolute atomic E-state index is 0.0171. The van der Waals surface area contributed by atoms with Crippen LogP contribution in [0.4, 0.5) is 10.3 Å². The molecule has 1 aliphatic carbocycles. The van der Waals surface area contributed by atoms with Gasteiger partial charge in [0.05, 0.1) is 18.0 Å². The van der Waals surface area contributed by atoms with E-state index in [-0.39, 0.29) is 5.75 Å². The van der Waals surface area contributed by atoms with Gasteiger partial charge in [0.2, 0.25) is 11.9 Å². The Morgan fingerprint density at radius 2 is 2.00 bits per heavy atom. The molecule has 0 bridgehead atoms. The molecule has 3 heterocycles. The Labute approximate surface area is 167 Å². The summed E-state index contributed by atoms with van der Waals surface area (Å²) in [7, 11) is 0. The van der Waals surface area contributed by atoms with E-state index >= 15 is 0 Å². The van der Waals surface area contributed by atoms with Gasteiger partial charge in [-0.2, -0.15) is 9.49 Å². The second-order valence-electron chi connectivity index (χ2n) is 7.89. The van der Waals surface area contributed by atoms with Gasteiger partial charge in [0.25, 0.3) is 0 Å². The van der Waals surface area contributed by atoms with Crippen LogP contribution in [-0.4, -0.2) is 55.7 Å². The molecule has 3 aromatic rings. The Balaban J connectivity index is 1.37. The molecule has 8 nitrogen and oxygen atoms in total. The summed E-state index contributed by atoms with van der Waals surface area (Å²) in [5.74, 6) is 0.793. The van der Waals surface area contributed by atoms with E-state index in [1.54, 1.807) is 18.3 Å². The maximum atomic E-state index is 13.7. The molecule has 0 spiro atoms. The van der Waals surface area contributed by atoms with Crippen LogP contribution in [0.25, 0.3) is 22.4 Å². The lowest BCUT2D eigenvalue weighted by atomic mass is 10.0. The lowest BCUT2D eigenvalue weighted by Gasteiger charge is -2.37. The fourth-order valence-electron chi connectivity index (χ4n) is 3.99. The number of anilines is 1. The number of aromatic nitrogens is 5. The number of aromatic amines is 1. The van der Waals surface area contributed by atoms with Crippen molar-refractivity contribution < 1.29 is 9.50 Å². The van der Waals surface area contributed by atoms with Crippen LogP contribution in [0, 0.1) is 11.9 Å². The average molecular weight is 395 g/mol. The summed E-state index contributed by atoms with van der Waals surface area (Å²) in [6, 6.07) is 5.71. The summed E-state index contributed by atoms with van der Waals surface area (Å²) in [6.07, 6.45) is 5.57. The first kappa shape index (κ1) is 18.0. The quantitative estimate of drug-likeness (QED) is 0.623. The minimum Gasteiger partial charge on any atom is -0.507 e. The Kier molecular flexibility index (Phi) is 4.39. The van der Waals surface area contributed by atoms with E-state index in [1.165, 1.54) is 25.1 Å². The number of nitrogens with zero attached hydrogens (tertiary/aromatic N) is 5. The maximum Gasteiger partial charge on any atom is 0.245 e. The normalized spacial score (nSPS) is 22.1. The van der Waals surface area contributed by atoms with Crippen molar-refractivity contribution in [1.29, 1.82) is 0 Å². The van der Waals surface area contributed by atoms with Gasteiger partial charge < -0.3 is 15.3 Å². The van der Waals surface area contributed by atoms with Crippen molar-refractivity contribution in [3.05, 3.63) is 36.5 Å². The number of phenols is 1. The van der Waals surface area contributed by atoms with Crippen LogP contribution in [0.2, 0.25) is 0 Å². The number of nitrogens with one attached hydrogen (secondary N) is 2. The molecule has 9 heteroatoms. The van der Waals surface area contributed by atoms with Crippen molar-refractivity contribution in [1.82, 2.24) is 30.7 Å². The molecule has 5 rings (SSSR count). The van der Waals surface area contributed by atoms with Crippen molar-refractivity contribution in [3.63, 3.8) is 0 Å². The second-order valence-corrected chi connectivity index (χ2v) is 7.89. The number of phenolic OH excluding ortho intramolecular Hbond substituents is 1. The SMILES string of the molecule is C[C@@H]1CN(c2ncc(-c3ccc(-c4cn[nH]c4F)cc3O)nn2)C[C@H](C2CC2)N1. The van der Waals surface area contributed by atoms with Crippen LogP contribution in [0.1, 0.15) is 19.8 Å². The van der Waals surface area contributed by atoms with Gasteiger partial charge in [-0.1, -0.05) is 6.07 Å². The van der Waals surface area contributed by atoms with Crippen molar-refractivity contribution in [3.8, 4) is 28.1 Å². The highest BCUT2D eigenvalue weighted by Crippen LogP contribution is 2.35. The van der Waals surface area contributed by atoms with Gasteiger partial charge in [0, 0.05) is 30.7 Å². The number of H-pyrrole nitrogens is 1. The fourth-order valence-corrected chi connectivity index (χ4v) is 3.99. The highest BCUT2D eigenvalue weighted by molar-refractivity contribution is 5.73. The van der Waals surface area contributed by atoms with Gasteiger partial charge in [0.15, 0.2) is 0 Å². The topological polar surface area (TPSA) is 103 Å². The monoisotopic (exact) mass is 395 g/mol. The van der Waals surface area contributed by atoms with Gasteiger partial charge in [0.1, 0.15) is 11.4 Å². The van der Waals surface area contributed by atoms with E-state index in [4.69, 9.17) is 0 Å². The van der Waals surface area contributed by atoms with Crippen LogP contribution in [0.3, 0.4) is 0 Å². The van der Waals surface area contributed by atoms with E-state index in [2.05, 4.69) is 42.5 Å². The van der Waals surface area contributed by atoms with E-state index in [0.29, 0.717) is 40.4 Å². The predicted molar refractivity (Wildman–Crippen MR) is 106 cm³/mol. The molecular weight excluding hydrogens is 373 g/mol. The number of hydrogen-bond donors (Lipinski definition) is 3.